The van der Waals surface area contributed by atoms with Gasteiger partial charge < -0.3 is 9.47 Å². The molecule has 0 aromatic rings. The molecule has 7 nitrogen and oxygen atoms in total. The molecule has 0 amide bonds. The van der Waals surface area contributed by atoms with Gasteiger partial charge in [-0.2, -0.15) is 12.8 Å². The van der Waals surface area contributed by atoms with Crippen LogP contribution in [0, 0.1) is 5.92 Å². The van der Waals surface area contributed by atoms with E-state index in [9.17, 15) is 22.4 Å². The fourth-order valence-corrected chi connectivity index (χ4v) is 2.48. The van der Waals surface area contributed by atoms with E-state index in [0.717, 1.165) is 26.4 Å². The molecule has 1 N–H and O–H groups in total. The van der Waals surface area contributed by atoms with Crippen LogP contribution in [0.1, 0.15) is 38.5 Å². The predicted molar refractivity (Wildman–Crippen MR) is 64.7 cm³/mol. The number of carbonyl (C=O) groups is 2. The standard InChI is InChI=1S/C11H17FO7S/c1-18-9(13)7-11(12,20(15,16)17)19-10(14)8-5-3-2-4-6-8/h8H,2-7H2,1H3,(H,15,16,17). The van der Waals surface area contributed by atoms with Gasteiger partial charge in [0.1, 0.15) is 6.42 Å². The molecule has 9 heteroatoms. The lowest BCUT2D eigenvalue weighted by molar-refractivity contribution is -0.176. The van der Waals surface area contributed by atoms with Crippen molar-refractivity contribution in [1.29, 1.82) is 0 Å². The van der Waals surface area contributed by atoms with E-state index in [2.05, 4.69) is 9.47 Å². The average molecular weight is 312 g/mol. The third-order valence-electron chi connectivity index (χ3n) is 3.16. The monoisotopic (exact) mass is 312 g/mol. The summed E-state index contributed by atoms with van der Waals surface area (Å²) in [5, 5.41) is -3.81. The van der Waals surface area contributed by atoms with Crippen molar-refractivity contribution in [3.8, 4) is 0 Å². The van der Waals surface area contributed by atoms with E-state index in [1.807, 2.05) is 0 Å². The Labute approximate surface area is 116 Å². The van der Waals surface area contributed by atoms with Crippen molar-refractivity contribution in [2.24, 2.45) is 5.92 Å². The molecule has 0 aromatic carbocycles. The van der Waals surface area contributed by atoms with E-state index >= 15 is 0 Å². The Balaban J connectivity index is 2.84. The number of alkyl halides is 1. The summed E-state index contributed by atoms with van der Waals surface area (Å²) in [6.07, 6.45) is 1.94. The van der Waals surface area contributed by atoms with E-state index in [0.29, 0.717) is 12.8 Å². The molecule has 1 saturated carbocycles. The molecule has 0 saturated heterocycles. The number of ether oxygens (including phenoxy) is 2. The third-order valence-corrected chi connectivity index (χ3v) is 4.16. The quantitative estimate of drug-likeness (QED) is 0.600. The molecule has 116 valence electrons. The molecule has 1 fully saturated rings. The van der Waals surface area contributed by atoms with Gasteiger partial charge >= 0.3 is 27.2 Å². The topological polar surface area (TPSA) is 107 Å². The third kappa shape index (κ3) is 4.14. The Bertz CT molecular complexity index is 469. The van der Waals surface area contributed by atoms with E-state index in [1.54, 1.807) is 0 Å². The Morgan fingerprint density at radius 1 is 1.30 bits per heavy atom. The highest BCUT2D eigenvalue weighted by Gasteiger charge is 2.51. The van der Waals surface area contributed by atoms with Crippen molar-refractivity contribution in [2.45, 2.75) is 43.7 Å². The fourth-order valence-electron chi connectivity index (χ4n) is 2.00. The number of halogens is 1. The second kappa shape index (κ2) is 6.49. The molecule has 0 spiro atoms. The Kier molecular flexibility index (Phi) is 5.46. The minimum Gasteiger partial charge on any atom is -0.469 e. The summed E-state index contributed by atoms with van der Waals surface area (Å²) in [7, 11) is -4.50. The van der Waals surface area contributed by atoms with Gasteiger partial charge in [-0.15, -0.1) is 0 Å². The molecule has 0 heterocycles. The van der Waals surface area contributed by atoms with Crippen LogP contribution in [0.15, 0.2) is 0 Å². The molecule has 0 aromatic heterocycles. The molecule has 0 radical (unpaired) electrons. The lowest BCUT2D eigenvalue weighted by Crippen LogP contribution is -2.42. The molecular weight excluding hydrogens is 295 g/mol. The normalized spacial score (nSPS) is 19.9. The van der Waals surface area contributed by atoms with Crippen LogP contribution in [0.2, 0.25) is 0 Å². The molecule has 0 bridgehead atoms. The summed E-state index contributed by atoms with van der Waals surface area (Å²) < 4.78 is 53.4. The molecule has 1 unspecified atom stereocenters. The lowest BCUT2D eigenvalue weighted by atomic mass is 9.89. The van der Waals surface area contributed by atoms with E-state index in [4.69, 9.17) is 4.55 Å². The highest BCUT2D eigenvalue weighted by Crippen LogP contribution is 2.31. The van der Waals surface area contributed by atoms with Crippen molar-refractivity contribution in [1.82, 2.24) is 0 Å². The first kappa shape index (κ1) is 16.8. The lowest BCUT2D eigenvalue weighted by Gasteiger charge is -2.25. The van der Waals surface area contributed by atoms with Gasteiger partial charge in [-0.3, -0.25) is 14.1 Å². The molecule has 1 rings (SSSR count). The minimum atomic E-state index is -5.41. The Morgan fingerprint density at radius 2 is 1.85 bits per heavy atom. The van der Waals surface area contributed by atoms with Gasteiger partial charge in [0.05, 0.1) is 13.0 Å². The van der Waals surface area contributed by atoms with Crippen molar-refractivity contribution >= 4 is 22.1 Å². The van der Waals surface area contributed by atoms with Crippen LogP contribution >= 0.6 is 0 Å². The molecule has 0 aliphatic heterocycles. The van der Waals surface area contributed by atoms with E-state index < -0.39 is 39.6 Å². The maximum Gasteiger partial charge on any atom is 0.387 e. The second-order valence-corrected chi connectivity index (χ2v) is 6.20. The van der Waals surface area contributed by atoms with Crippen LogP contribution in [-0.4, -0.2) is 37.2 Å². The fraction of sp³-hybridized carbons (Fsp3) is 0.818. The molecule has 1 aliphatic carbocycles. The minimum absolute atomic E-state index is 0.457. The zero-order valence-corrected chi connectivity index (χ0v) is 11.8. The first-order valence-electron chi connectivity index (χ1n) is 6.15. The summed E-state index contributed by atoms with van der Waals surface area (Å²) in [6, 6.07) is 0. The van der Waals surface area contributed by atoms with Gasteiger partial charge in [0, 0.05) is 0 Å². The summed E-state index contributed by atoms with van der Waals surface area (Å²) >= 11 is 0. The zero-order valence-electron chi connectivity index (χ0n) is 11.0. The van der Waals surface area contributed by atoms with Crippen LogP contribution in [0.3, 0.4) is 0 Å². The van der Waals surface area contributed by atoms with Crippen LogP contribution < -0.4 is 0 Å². The summed E-state index contributed by atoms with van der Waals surface area (Å²) in [5.41, 5.74) is 0. The summed E-state index contributed by atoms with van der Waals surface area (Å²) in [5.74, 6) is -2.96. The number of carbonyl (C=O) groups excluding carboxylic acids is 2. The highest BCUT2D eigenvalue weighted by molar-refractivity contribution is 7.86. The molecule has 1 aliphatic rings. The van der Waals surface area contributed by atoms with E-state index in [-0.39, 0.29) is 0 Å². The smallest absolute Gasteiger partial charge is 0.387 e. The first-order chi connectivity index (χ1) is 9.19. The number of hydrogen-bond acceptors (Lipinski definition) is 6. The van der Waals surface area contributed by atoms with Crippen molar-refractivity contribution in [3.63, 3.8) is 0 Å². The van der Waals surface area contributed by atoms with Crippen molar-refractivity contribution < 1.29 is 36.4 Å². The van der Waals surface area contributed by atoms with Gasteiger partial charge in [0.25, 0.3) is 0 Å². The zero-order chi connectivity index (χ0) is 15.4. The highest BCUT2D eigenvalue weighted by atomic mass is 32.2. The predicted octanol–water partition coefficient (Wildman–Crippen LogP) is 1.18. The van der Waals surface area contributed by atoms with Crippen LogP contribution in [-0.2, 0) is 29.2 Å². The number of esters is 2. The van der Waals surface area contributed by atoms with Gasteiger partial charge in [-0.25, -0.2) is 0 Å². The van der Waals surface area contributed by atoms with Crippen molar-refractivity contribution in [2.75, 3.05) is 7.11 Å². The number of hydrogen-bond donors (Lipinski definition) is 1. The van der Waals surface area contributed by atoms with Gasteiger partial charge in [-0.1, -0.05) is 19.3 Å². The summed E-state index contributed by atoms with van der Waals surface area (Å²) in [6.45, 7) is 0. The largest absolute Gasteiger partial charge is 0.469 e. The van der Waals surface area contributed by atoms with E-state index in [1.165, 1.54) is 0 Å². The first-order valence-corrected chi connectivity index (χ1v) is 7.59. The van der Waals surface area contributed by atoms with Gasteiger partial charge in [-0.05, 0) is 12.8 Å². The molecule has 1 atom stereocenters. The second-order valence-electron chi connectivity index (χ2n) is 4.64. The molecule has 20 heavy (non-hydrogen) atoms. The average Bonchev–Trinajstić information content (AvgIpc) is 2.38. The SMILES string of the molecule is COC(=O)CC(F)(OC(=O)C1CCCCC1)S(=O)(=O)O. The van der Waals surface area contributed by atoms with Crippen LogP contribution in [0.5, 0.6) is 0 Å². The molecular formula is C11H17FO7S. The van der Waals surface area contributed by atoms with Crippen molar-refractivity contribution in [3.05, 3.63) is 0 Å². The van der Waals surface area contributed by atoms with Crippen LogP contribution in [0.4, 0.5) is 4.39 Å². The van der Waals surface area contributed by atoms with Gasteiger partial charge in [0.2, 0.25) is 0 Å². The van der Waals surface area contributed by atoms with Crippen LogP contribution in [0.25, 0.3) is 0 Å². The Hall–Kier alpha value is -1.22. The van der Waals surface area contributed by atoms with Gasteiger partial charge in [0.15, 0.2) is 0 Å². The maximum atomic E-state index is 14.2. The number of rotatable bonds is 5. The number of methoxy groups -OCH3 is 1. The Morgan fingerprint density at radius 3 is 2.30 bits per heavy atom. The maximum absolute atomic E-state index is 14.2. The summed E-state index contributed by atoms with van der Waals surface area (Å²) in [4.78, 5) is 22.7.